The van der Waals surface area contributed by atoms with Crippen molar-refractivity contribution in [3.05, 3.63) is 23.8 Å². The van der Waals surface area contributed by atoms with Crippen molar-refractivity contribution in [1.29, 1.82) is 0 Å². The van der Waals surface area contributed by atoms with E-state index in [9.17, 15) is 5.11 Å². The Bertz CT molecular complexity index is 365. The maximum atomic E-state index is 9.59. The van der Waals surface area contributed by atoms with Crippen molar-refractivity contribution in [2.24, 2.45) is 10.7 Å². The summed E-state index contributed by atoms with van der Waals surface area (Å²) in [6, 6.07) is 5.45. The van der Waals surface area contributed by atoms with Gasteiger partial charge in [0.1, 0.15) is 11.6 Å². The smallest absolute Gasteiger partial charge is 0.130 e. The lowest BCUT2D eigenvalue weighted by molar-refractivity contribution is 0.472. The van der Waals surface area contributed by atoms with E-state index in [2.05, 4.69) is 17.6 Å². The Kier molecular flexibility index (Phi) is 2.37. The molecule has 1 saturated carbocycles. The summed E-state index contributed by atoms with van der Waals surface area (Å²) in [5, 5.41) is 9.59. The van der Waals surface area contributed by atoms with Gasteiger partial charge in [-0.2, -0.15) is 0 Å². The lowest BCUT2D eigenvalue weighted by Crippen LogP contribution is -2.15. The van der Waals surface area contributed by atoms with Gasteiger partial charge in [-0.3, -0.25) is 4.99 Å². The summed E-state index contributed by atoms with van der Waals surface area (Å²) in [5.74, 6) is 0.523. The first-order valence-corrected chi connectivity index (χ1v) is 4.98. The van der Waals surface area contributed by atoms with Crippen LogP contribution < -0.4 is 5.73 Å². The monoisotopic (exact) mass is 208 g/mol. The number of amidine groups is 1. The summed E-state index contributed by atoms with van der Waals surface area (Å²) in [6.07, 6.45) is 2.19. The highest BCUT2D eigenvalue weighted by Crippen LogP contribution is 2.27. The third kappa shape index (κ3) is 1.85. The van der Waals surface area contributed by atoms with Gasteiger partial charge in [0.2, 0.25) is 0 Å². The number of thiol groups is 1. The van der Waals surface area contributed by atoms with E-state index in [0.717, 1.165) is 12.8 Å². The minimum atomic E-state index is 0.138. The molecule has 74 valence electrons. The lowest BCUT2D eigenvalue weighted by atomic mass is 10.2. The van der Waals surface area contributed by atoms with Crippen LogP contribution in [0.5, 0.6) is 5.75 Å². The Morgan fingerprint density at radius 1 is 1.50 bits per heavy atom. The lowest BCUT2D eigenvalue weighted by Gasteiger charge is -2.06. The molecule has 3 nitrogen and oxygen atoms in total. The van der Waals surface area contributed by atoms with Crippen molar-refractivity contribution in [3.63, 3.8) is 0 Å². The summed E-state index contributed by atoms with van der Waals surface area (Å²) in [5.41, 5.74) is 6.32. The van der Waals surface area contributed by atoms with E-state index >= 15 is 0 Å². The number of rotatable bonds is 2. The number of phenolic OH excluding ortho intramolecular Hbond substituents is 1. The molecule has 4 heteroatoms. The number of nitrogens with two attached hydrogens (primary N) is 1. The van der Waals surface area contributed by atoms with Crippen LogP contribution in [0.25, 0.3) is 0 Å². The van der Waals surface area contributed by atoms with Crippen LogP contribution in [0.2, 0.25) is 0 Å². The summed E-state index contributed by atoms with van der Waals surface area (Å²) in [7, 11) is 0. The molecule has 0 saturated heterocycles. The molecule has 3 N–H and O–H groups in total. The molecule has 1 aliphatic rings. The number of aliphatic imine (C=N–C) groups is 1. The van der Waals surface area contributed by atoms with Gasteiger partial charge < -0.3 is 10.8 Å². The van der Waals surface area contributed by atoms with Crippen LogP contribution in [0.15, 0.2) is 28.1 Å². The maximum Gasteiger partial charge on any atom is 0.130 e. The van der Waals surface area contributed by atoms with Gasteiger partial charge >= 0.3 is 0 Å². The van der Waals surface area contributed by atoms with E-state index in [1.807, 2.05) is 0 Å². The van der Waals surface area contributed by atoms with Crippen LogP contribution >= 0.6 is 12.6 Å². The van der Waals surface area contributed by atoms with E-state index < -0.39 is 0 Å². The molecule has 0 radical (unpaired) electrons. The minimum Gasteiger partial charge on any atom is -0.507 e. The fourth-order valence-electron chi connectivity index (χ4n) is 1.26. The zero-order valence-electron chi connectivity index (χ0n) is 7.64. The van der Waals surface area contributed by atoms with Gasteiger partial charge in [-0.15, -0.1) is 12.6 Å². The van der Waals surface area contributed by atoms with E-state index in [0.29, 0.717) is 22.3 Å². The summed E-state index contributed by atoms with van der Waals surface area (Å²) < 4.78 is 0. The van der Waals surface area contributed by atoms with Crippen molar-refractivity contribution in [2.75, 3.05) is 0 Å². The van der Waals surface area contributed by atoms with E-state index in [-0.39, 0.29) is 5.75 Å². The number of phenols is 1. The first-order chi connectivity index (χ1) is 6.68. The number of hydrogen-bond donors (Lipinski definition) is 3. The molecule has 1 aliphatic carbocycles. The van der Waals surface area contributed by atoms with Crippen LogP contribution in [0.4, 0.5) is 0 Å². The fourth-order valence-corrected chi connectivity index (χ4v) is 1.57. The SMILES string of the molecule is NC(=NC1CC1)c1c(O)cccc1S. The molecular weight excluding hydrogens is 196 g/mol. The Balaban J connectivity index is 2.38. The Morgan fingerprint density at radius 3 is 2.79 bits per heavy atom. The normalized spacial score (nSPS) is 17.1. The molecule has 14 heavy (non-hydrogen) atoms. The fraction of sp³-hybridized carbons (Fsp3) is 0.300. The van der Waals surface area contributed by atoms with Crippen molar-refractivity contribution < 1.29 is 5.11 Å². The largest absolute Gasteiger partial charge is 0.507 e. The molecular formula is C10H12N2OS. The molecule has 0 aromatic heterocycles. The number of nitrogens with zero attached hydrogens (tertiary/aromatic N) is 1. The van der Waals surface area contributed by atoms with Crippen LogP contribution in [0, 0.1) is 0 Å². The van der Waals surface area contributed by atoms with Gasteiger partial charge in [0, 0.05) is 4.90 Å². The molecule has 0 unspecified atom stereocenters. The molecule has 2 rings (SSSR count). The molecule has 0 heterocycles. The second kappa shape index (κ2) is 3.53. The van der Waals surface area contributed by atoms with Gasteiger partial charge in [-0.1, -0.05) is 6.07 Å². The van der Waals surface area contributed by atoms with Crippen molar-refractivity contribution in [2.45, 2.75) is 23.8 Å². The highest BCUT2D eigenvalue weighted by atomic mass is 32.1. The third-order valence-electron chi connectivity index (χ3n) is 2.15. The van der Waals surface area contributed by atoms with Gasteiger partial charge in [0.05, 0.1) is 11.6 Å². The summed E-state index contributed by atoms with van der Waals surface area (Å²) in [4.78, 5) is 4.93. The molecule has 1 fully saturated rings. The second-order valence-corrected chi connectivity index (χ2v) is 3.90. The molecule has 1 aromatic rings. The second-order valence-electron chi connectivity index (χ2n) is 3.42. The Hall–Kier alpha value is -1.16. The highest BCUT2D eigenvalue weighted by molar-refractivity contribution is 7.80. The van der Waals surface area contributed by atoms with Gasteiger partial charge in [-0.25, -0.2) is 0 Å². The quantitative estimate of drug-likeness (QED) is 0.392. The zero-order valence-corrected chi connectivity index (χ0v) is 8.54. The van der Waals surface area contributed by atoms with Crippen molar-refractivity contribution in [3.8, 4) is 5.75 Å². The van der Waals surface area contributed by atoms with Crippen LogP contribution in [0.3, 0.4) is 0 Å². The van der Waals surface area contributed by atoms with Crippen molar-refractivity contribution in [1.82, 2.24) is 0 Å². The van der Waals surface area contributed by atoms with Crippen LogP contribution in [0.1, 0.15) is 18.4 Å². The topological polar surface area (TPSA) is 58.6 Å². The number of hydrogen-bond acceptors (Lipinski definition) is 3. The number of benzene rings is 1. The molecule has 1 aromatic carbocycles. The third-order valence-corrected chi connectivity index (χ3v) is 2.52. The first-order valence-electron chi connectivity index (χ1n) is 4.53. The average Bonchev–Trinajstić information content (AvgIpc) is 2.87. The van der Waals surface area contributed by atoms with Gasteiger partial charge in [0.25, 0.3) is 0 Å². The van der Waals surface area contributed by atoms with Crippen LogP contribution in [-0.2, 0) is 0 Å². The molecule has 0 aliphatic heterocycles. The Labute approximate surface area is 88.1 Å². The van der Waals surface area contributed by atoms with E-state index in [1.54, 1.807) is 18.2 Å². The first kappa shape index (κ1) is 9.40. The minimum absolute atomic E-state index is 0.138. The summed E-state index contributed by atoms with van der Waals surface area (Å²) in [6.45, 7) is 0. The molecule has 0 spiro atoms. The van der Waals surface area contributed by atoms with Crippen molar-refractivity contribution >= 4 is 18.5 Å². The predicted octanol–water partition coefficient (Wildman–Crippen LogP) is 1.55. The van der Waals surface area contributed by atoms with E-state index in [4.69, 9.17) is 5.73 Å². The van der Waals surface area contributed by atoms with Gasteiger partial charge in [0.15, 0.2) is 0 Å². The average molecular weight is 208 g/mol. The van der Waals surface area contributed by atoms with Crippen LogP contribution in [-0.4, -0.2) is 17.0 Å². The maximum absolute atomic E-state index is 9.59. The number of aromatic hydroxyl groups is 1. The zero-order chi connectivity index (χ0) is 10.1. The summed E-state index contributed by atoms with van der Waals surface area (Å²) >= 11 is 4.23. The molecule has 0 atom stereocenters. The molecule has 0 amide bonds. The Morgan fingerprint density at radius 2 is 2.21 bits per heavy atom. The van der Waals surface area contributed by atoms with Gasteiger partial charge in [-0.05, 0) is 25.0 Å². The van der Waals surface area contributed by atoms with E-state index in [1.165, 1.54) is 0 Å². The standard InChI is InChI=1S/C10H12N2OS/c11-10(12-6-4-5-6)9-7(13)2-1-3-8(9)14/h1-3,6,13-14H,4-5H2,(H2,11,12). The highest BCUT2D eigenvalue weighted by Gasteiger charge is 2.21. The molecule has 0 bridgehead atoms. The predicted molar refractivity (Wildman–Crippen MR) is 59.1 cm³/mol.